The van der Waals surface area contributed by atoms with Crippen molar-refractivity contribution in [1.82, 2.24) is 0 Å². The molecule has 1 unspecified atom stereocenters. The van der Waals surface area contributed by atoms with Crippen LogP contribution in [0.1, 0.15) is 44.2 Å². The molecule has 2 aromatic rings. The first-order chi connectivity index (χ1) is 11.1. The van der Waals surface area contributed by atoms with Crippen molar-refractivity contribution >= 4 is 22.1 Å². The molecule has 0 fully saturated rings. The first kappa shape index (κ1) is 14.2. The van der Waals surface area contributed by atoms with Crippen molar-refractivity contribution in [2.24, 2.45) is 4.99 Å². The van der Waals surface area contributed by atoms with Gasteiger partial charge in [-0.3, -0.25) is 4.99 Å². The minimum absolute atomic E-state index is 0.272. The Hall–Kier alpha value is -1.41. The van der Waals surface area contributed by atoms with Gasteiger partial charge in [-0.25, -0.2) is 0 Å². The molecular weight excluding hydrogens is 334 g/mol. The maximum Gasteiger partial charge on any atom is 0.0842 e. The van der Waals surface area contributed by atoms with E-state index in [1.165, 1.54) is 35.1 Å². The molecule has 0 saturated carbocycles. The van der Waals surface area contributed by atoms with E-state index in [2.05, 4.69) is 71.2 Å². The minimum atomic E-state index is 0.272. The summed E-state index contributed by atoms with van der Waals surface area (Å²) in [6, 6.07) is 13.0. The molecule has 1 nitrogen and oxygen atoms in total. The molecule has 0 aromatic heterocycles. The van der Waals surface area contributed by atoms with Gasteiger partial charge in [0.25, 0.3) is 0 Å². The van der Waals surface area contributed by atoms with E-state index in [1.807, 2.05) is 0 Å². The lowest BCUT2D eigenvalue weighted by molar-refractivity contribution is 0.573. The number of unbranched alkanes of at least 4 members (excludes halogenated alkanes) is 1. The molecule has 114 valence electrons. The third-order valence-electron chi connectivity index (χ3n) is 4.40. The van der Waals surface area contributed by atoms with Crippen LogP contribution in [0.3, 0.4) is 0 Å². The Balaban J connectivity index is 1.97. The van der Waals surface area contributed by atoms with E-state index >= 15 is 0 Å². The number of rotatable bonds is 4. The van der Waals surface area contributed by atoms with Crippen molar-refractivity contribution in [3.05, 3.63) is 57.6 Å². The fraction of sp³-hybridized carbons (Fsp3) is 0.350. The Morgan fingerprint density at radius 2 is 2.18 bits per heavy atom. The van der Waals surface area contributed by atoms with Crippen LogP contribution in [0, 0.1) is 6.92 Å². The minimum Gasteiger partial charge on any atom is -0.289 e. The van der Waals surface area contributed by atoms with Crippen LogP contribution < -0.4 is 0 Å². The average Bonchev–Trinajstić information content (AvgIpc) is 2.55. The lowest BCUT2D eigenvalue weighted by Crippen LogP contribution is -2.15. The second kappa shape index (κ2) is 6.78. The van der Waals surface area contributed by atoms with Gasteiger partial charge in [-0.05, 0) is 53.6 Å². The first-order valence-electron chi connectivity index (χ1n) is 8.53. The van der Waals surface area contributed by atoms with Crippen molar-refractivity contribution in [2.75, 3.05) is 0 Å². The molecule has 0 bridgehead atoms. The first-order valence-corrected chi connectivity index (χ1v) is 8.82. The summed E-state index contributed by atoms with van der Waals surface area (Å²) in [5.41, 5.74) is 6.00. The number of halogens is 1. The number of hydrogen-bond acceptors (Lipinski definition) is 1. The van der Waals surface area contributed by atoms with Crippen LogP contribution in [0.5, 0.6) is 0 Å². The smallest absolute Gasteiger partial charge is 0.0842 e. The average molecular weight is 357 g/mol. The number of nitrogens with zero attached hydrogens (tertiary/aromatic N) is 1. The van der Waals surface area contributed by atoms with E-state index in [-0.39, 0.29) is 6.04 Å². The molecule has 3 rings (SSSR count). The van der Waals surface area contributed by atoms with E-state index in [4.69, 9.17) is 1.37 Å². The molecule has 2 aromatic carbocycles. The Morgan fingerprint density at radius 3 is 3.00 bits per heavy atom. The molecule has 0 radical (unpaired) electrons. The highest BCUT2D eigenvalue weighted by molar-refractivity contribution is 9.10. The number of benzene rings is 2. The lowest BCUT2D eigenvalue weighted by Gasteiger charge is -2.20. The molecule has 1 atom stereocenters. The van der Waals surface area contributed by atoms with Gasteiger partial charge in [0.2, 0.25) is 0 Å². The standard InChI is InChI=1S/C20H22BrN/c1-3-4-6-18-12-17-11-15(9-10-16(17)13-22-18)19-7-5-8-20(21)14(19)2/h5,7-11,13,18H,3-4,6,12H2,1-2H3/i13D. The summed E-state index contributed by atoms with van der Waals surface area (Å²) in [5.74, 6) is 0. The van der Waals surface area contributed by atoms with Gasteiger partial charge in [0.1, 0.15) is 0 Å². The quantitative estimate of drug-likeness (QED) is 0.640. The lowest BCUT2D eigenvalue weighted by atomic mass is 9.91. The van der Waals surface area contributed by atoms with Gasteiger partial charge < -0.3 is 0 Å². The molecule has 0 saturated heterocycles. The summed E-state index contributed by atoms with van der Waals surface area (Å²) in [6.45, 7) is 4.34. The fourth-order valence-electron chi connectivity index (χ4n) is 3.03. The van der Waals surface area contributed by atoms with Gasteiger partial charge in [0.05, 0.1) is 7.41 Å². The largest absolute Gasteiger partial charge is 0.289 e. The van der Waals surface area contributed by atoms with Gasteiger partial charge >= 0.3 is 0 Å². The summed E-state index contributed by atoms with van der Waals surface area (Å²) in [4.78, 5) is 4.57. The highest BCUT2D eigenvalue weighted by atomic mass is 79.9. The van der Waals surface area contributed by atoms with E-state index in [1.54, 1.807) is 0 Å². The molecule has 0 aliphatic carbocycles. The summed E-state index contributed by atoms with van der Waals surface area (Å²) in [5, 5.41) is 0. The topological polar surface area (TPSA) is 12.4 Å². The molecule has 22 heavy (non-hydrogen) atoms. The van der Waals surface area contributed by atoms with Crippen LogP contribution >= 0.6 is 15.9 Å². The number of hydrogen-bond donors (Lipinski definition) is 0. The highest BCUT2D eigenvalue weighted by Gasteiger charge is 2.16. The van der Waals surface area contributed by atoms with Crippen molar-refractivity contribution in [1.29, 1.82) is 0 Å². The van der Waals surface area contributed by atoms with Gasteiger partial charge in [-0.15, -0.1) is 0 Å². The molecule has 0 amide bonds. The summed E-state index contributed by atoms with van der Waals surface area (Å²) in [7, 11) is 0. The van der Waals surface area contributed by atoms with Gasteiger partial charge in [0.15, 0.2) is 0 Å². The van der Waals surface area contributed by atoms with Crippen molar-refractivity contribution in [3.63, 3.8) is 0 Å². The zero-order valence-corrected chi connectivity index (χ0v) is 14.8. The SMILES string of the molecule is [2H]C1=NC(CCCC)Cc2cc(-c3cccc(Br)c3C)ccc21. The Labute approximate surface area is 143 Å². The maximum absolute atomic E-state index is 8.21. The third-order valence-corrected chi connectivity index (χ3v) is 5.26. The zero-order valence-electron chi connectivity index (χ0n) is 14.2. The van der Waals surface area contributed by atoms with Crippen molar-refractivity contribution < 1.29 is 1.37 Å². The second-order valence-corrected chi connectivity index (χ2v) is 6.88. The van der Waals surface area contributed by atoms with Crippen molar-refractivity contribution in [2.45, 2.75) is 45.6 Å². The molecular formula is C20H22BrN. The van der Waals surface area contributed by atoms with Crippen LogP contribution in [-0.2, 0) is 6.42 Å². The monoisotopic (exact) mass is 356 g/mol. The van der Waals surface area contributed by atoms with Crippen LogP contribution in [0.15, 0.2) is 45.9 Å². The van der Waals surface area contributed by atoms with Gasteiger partial charge in [-0.2, -0.15) is 0 Å². The molecule has 2 heteroatoms. The van der Waals surface area contributed by atoms with Crippen LogP contribution in [0.25, 0.3) is 11.1 Å². The Morgan fingerprint density at radius 1 is 1.32 bits per heavy atom. The van der Waals surface area contributed by atoms with Crippen molar-refractivity contribution in [3.8, 4) is 11.1 Å². The Kier molecular flexibility index (Phi) is 4.38. The van der Waals surface area contributed by atoms with Gasteiger partial charge in [0, 0.05) is 10.7 Å². The summed E-state index contributed by atoms with van der Waals surface area (Å²) < 4.78 is 9.35. The van der Waals surface area contributed by atoms with Crippen LogP contribution in [-0.4, -0.2) is 12.2 Å². The van der Waals surface area contributed by atoms with Crippen LogP contribution in [0.4, 0.5) is 0 Å². The van der Waals surface area contributed by atoms with Gasteiger partial charge in [-0.1, -0.05) is 66.0 Å². The summed E-state index contributed by atoms with van der Waals surface area (Å²) >= 11 is 3.62. The van der Waals surface area contributed by atoms with E-state index in [9.17, 15) is 0 Å². The van der Waals surface area contributed by atoms with E-state index < -0.39 is 0 Å². The third kappa shape index (κ3) is 3.17. The van der Waals surface area contributed by atoms with E-state index in [0.717, 1.165) is 22.9 Å². The molecule has 1 aliphatic heterocycles. The predicted molar refractivity (Wildman–Crippen MR) is 98.9 cm³/mol. The molecule has 1 aliphatic rings. The summed E-state index contributed by atoms with van der Waals surface area (Å²) in [6.07, 6.45) is 4.85. The molecule has 0 spiro atoms. The predicted octanol–water partition coefficient (Wildman–Crippen LogP) is 5.96. The normalized spacial score (nSPS) is 17.7. The van der Waals surface area contributed by atoms with Crippen LogP contribution in [0.2, 0.25) is 0 Å². The molecule has 1 heterocycles. The maximum atomic E-state index is 8.21. The highest BCUT2D eigenvalue weighted by Crippen LogP contribution is 2.31. The fourth-order valence-corrected chi connectivity index (χ4v) is 3.39. The second-order valence-electron chi connectivity index (χ2n) is 6.03. The Bertz CT molecular complexity index is 751. The molecule has 0 N–H and O–H groups in total. The van der Waals surface area contributed by atoms with E-state index in [0.29, 0.717) is 6.19 Å². The number of fused-ring (bicyclic) bond motifs is 1. The number of aliphatic imine (C=N–C) groups is 1. The zero-order chi connectivity index (χ0) is 16.4.